The van der Waals surface area contributed by atoms with Crippen LogP contribution in [0.15, 0.2) is 77.7 Å². The Bertz CT molecular complexity index is 1100. The zero-order valence-electron chi connectivity index (χ0n) is 15.8. The summed E-state index contributed by atoms with van der Waals surface area (Å²) in [5, 5.41) is 0. The number of hydrogen-bond acceptors (Lipinski definition) is 3. The molecule has 0 heterocycles. The van der Waals surface area contributed by atoms with Gasteiger partial charge in [-0.25, -0.2) is 0 Å². The third-order valence-corrected chi connectivity index (χ3v) is 7.66. The van der Waals surface area contributed by atoms with E-state index < -0.39 is 10.1 Å². The second-order valence-electron chi connectivity index (χ2n) is 7.85. The molecule has 28 heavy (non-hydrogen) atoms. The van der Waals surface area contributed by atoms with Crippen molar-refractivity contribution in [3.63, 3.8) is 0 Å². The molecule has 5 rings (SSSR count). The number of aryl methyl sites for hydroxylation is 1. The van der Waals surface area contributed by atoms with E-state index in [2.05, 4.69) is 48.5 Å². The van der Waals surface area contributed by atoms with Gasteiger partial charge in [-0.2, -0.15) is 8.42 Å². The lowest BCUT2D eigenvalue weighted by Crippen LogP contribution is -2.26. The summed E-state index contributed by atoms with van der Waals surface area (Å²) in [6.45, 7) is 2.10. The quantitative estimate of drug-likeness (QED) is 0.581. The second kappa shape index (κ2) is 6.29. The van der Waals surface area contributed by atoms with Crippen LogP contribution in [0.1, 0.15) is 46.6 Å². The molecule has 142 valence electrons. The highest BCUT2D eigenvalue weighted by Crippen LogP contribution is 2.61. The van der Waals surface area contributed by atoms with Crippen molar-refractivity contribution in [1.29, 1.82) is 0 Å². The van der Waals surface area contributed by atoms with Crippen LogP contribution in [0.3, 0.4) is 0 Å². The average Bonchev–Trinajstić information content (AvgIpc) is 3.21. The summed E-state index contributed by atoms with van der Waals surface area (Å²) < 4.78 is 30.6. The maximum absolute atomic E-state index is 12.6. The first-order valence-electron chi connectivity index (χ1n) is 9.66. The predicted molar refractivity (Wildman–Crippen MR) is 109 cm³/mol. The third kappa shape index (κ3) is 2.55. The smallest absolute Gasteiger partial charge is 0.266 e. The molecule has 0 saturated carbocycles. The van der Waals surface area contributed by atoms with E-state index in [1.54, 1.807) is 24.3 Å². The molecule has 0 unspecified atom stereocenters. The summed E-state index contributed by atoms with van der Waals surface area (Å²) in [5.74, 6) is 0.404. The SMILES string of the molecule is Cc1ccc(S(=O)(=O)OCCC23CC(c4ccccc42)c2ccccc23)cc1. The zero-order valence-corrected chi connectivity index (χ0v) is 16.6. The zero-order chi connectivity index (χ0) is 19.4. The van der Waals surface area contributed by atoms with Crippen LogP contribution < -0.4 is 0 Å². The van der Waals surface area contributed by atoms with Gasteiger partial charge in [0.15, 0.2) is 0 Å². The molecule has 0 spiro atoms. The lowest BCUT2D eigenvalue weighted by Gasteiger charge is -2.31. The number of rotatable bonds is 5. The largest absolute Gasteiger partial charge is 0.296 e. The van der Waals surface area contributed by atoms with Crippen LogP contribution in [0, 0.1) is 6.92 Å². The summed E-state index contributed by atoms with van der Waals surface area (Å²) in [6.07, 6.45) is 1.66. The van der Waals surface area contributed by atoms with Gasteiger partial charge in [0.25, 0.3) is 10.1 Å². The van der Waals surface area contributed by atoms with E-state index in [9.17, 15) is 8.42 Å². The minimum Gasteiger partial charge on any atom is -0.266 e. The Morgan fingerprint density at radius 2 is 1.46 bits per heavy atom. The van der Waals surface area contributed by atoms with Gasteiger partial charge in [0, 0.05) is 11.3 Å². The average molecular weight is 391 g/mol. The lowest BCUT2D eigenvalue weighted by molar-refractivity contribution is 0.279. The molecular formula is C24H22O3S. The normalized spacial score (nSPS) is 22.1. The van der Waals surface area contributed by atoms with Crippen LogP contribution in [-0.2, 0) is 19.7 Å². The minimum atomic E-state index is -3.74. The highest BCUT2D eigenvalue weighted by Gasteiger charge is 2.52. The van der Waals surface area contributed by atoms with Crippen LogP contribution in [0.5, 0.6) is 0 Å². The molecule has 0 aromatic heterocycles. The number of benzene rings is 3. The predicted octanol–water partition coefficient (Wildman–Crippen LogP) is 4.93. The van der Waals surface area contributed by atoms with E-state index in [-0.39, 0.29) is 16.9 Å². The maximum Gasteiger partial charge on any atom is 0.296 e. The number of fused-ring (bicyclic) bond motifs is 8. The highest BCUT2D eigenvalue weighted by atomic mass is 32.2. The van der Waals surface area contributed by atoms with E-state index >= 15 is 0 Å². The van der Waals surface area contributed by atoms with E-state index in [0.717, 1.165) is 12.0 Å². The Morgan fingerprint density at radius 1 is 0.893 bits per heavy atom. The standard InChI is InChI=1S/C24H22O3S/c1-17-10-12-18(13-11-17)28(25,26)27-15-14-24-16-21(19-6-2-4-8-22(19)24)20-7-3-5-9-23(20)24/h2-13,21H,14-16H2,1H3. The fourth-order valence-electron chi connectivity index (χ4n) is 5.04. The van der Waals surface area contributed by atoms with Crippen molar-refractivity contribution in [2.24, 2.45) is 0 Å². The first-order chi connectivity index (χ1) is 13.5. The van der Waals surface area contributed by atoms with Gasteiger partial charge < -0.3 is 0 Å². The first kappa shape index (κ1) is 17.7. The Kier molecular flexibility index (Phi) is 3.97. The molecule has 3 aromatic carbocycles. The molecule has 0 amide bonds. The van der Waals surface area contributed by atoms with E-state index in [0.29, 0.717) is 12.3 Å². The van der Waals surface area contributed by atoms with Crippen molar-refractivity contribution >= 4 is 10.1 Å². The Hall–Kier alpha value is -2.43. The molecule has 3 aromatic rings. The fraction of sp³-hybridized carbons (Fsp3) is 0.250. The fourth-order valence-corrected chi connectivity index (χ4v) is 5.95. The molecule has 2 aliphatic carbocycles. The van der Waals surface area contributed by atoms with Gasteiger partial charge in [-0.1, -0.05) is 66.2 Å². The molecule has 3 nitrogen and oxygen atoms in total. The van der Waals surface area contributed by atoms with E-state index in [4.69, 9.17) is 4.18 Å². The van der Waals surface area contributed by atoms with Gasteiger partial charge in [-0.05, 0) is 54.2 Å². The van der Waals surface area contributed by atoms with Crippen molar-refractivity contribution in [1.82, 2.24) is 0 Å². The van der Waals surface area contributed by atoms with Crippen LogP contribution in [-0.4, -0.2) is 15.0 Å². The van der Waals surface area contributed by atoms with E-state index in [1.165, 1.54) is 22.3 Å². The summed E-state index contributed by atoms with van der Waals surface area (Å²) in [7, 11) is -3.74. The van der Waals surface area contributed by atoms with Crippen molar-refractivity contribution < 1.29 is 12.6 Å². The molecule has 0 aliphatic heterocycles. The summed E-state index contributed by atoms with van der Waals surface area (Å²) in [6, 6.07) is 23.9. The summed E-state index contributed by atoms with van der Waals surface area (Å²) in [5.41, 5.74) is 6.28. The van der Waals surface area contributed by atoms with Gasteiger partial charge in [-0.15, -0.1) is 0 Å². The molecule has 0 fully saturated rings. The monoisotopic (exact) mass is 390 g/mol. The molecule has 0 N–H and O–H groups in total. The van der Waals surface area contributed by atoms with Crippen molar-refractivity contribution in [3.05, 3.63) is 101 Å². The second-order valence-corrected chi connectivity index (χ2v) is 9.47. The van der Waals surface area contributed by atoms with Crippen molar-refractivity contribution in [2.75, 3.05) is 6.61 Å². The first-order valence-corrected chi connectivity index (χ1v) is 11.1. The molecule has 0 radical (unpaired) electrons. The molecule has 4 heteroatoms. The van der Waals surface area contributed by atoms with Crippen molar-refractivity contribution in [2.45, 2.75) is 36.0 Å². The Labute approximate surface area is 166 Å². The van der Waals surface area contributed by atoms with Gasteiger partial charge in [0.1, 0.15) is 0 Å². The van der Waals surface area contributed by atoms with Gasteiger partial charge in [-0.3, -0.25) is 4.18 Å². The van der Waals surface area contributed by atoms with Crippen LogP contribution >= 0.6 is 0 Å². The molecule has 0 atom stereocenters. The molecule has 2 bridgehead atoms. The highest BCUT2D eigenvalue weighted by molar-refractivity contribution is 7.86. The topological polar surface area (TPSA) is 43.4 Å². The minimum absolute atomic E-state index is 0.152. The van der Waals surface area contributed by atoms with E-state index in [1.807, 2.05) is 6.92 Å². The van der Waals surface area contributed by atoms with Gasteiger partial charge in [0.2, 0.25) is 0 Å². The molecular weight excluding hydrogens is 368 g/mol. The summed E-state index contributed by atoms with van der Waals surface area (Å²) in [4.78, 5) is 0.215. The summed E-state index contributed by atoms with van der Waals surface area (Å²) >= 11 is 0. The van der Waals surface area contributed by atoms with Crippen LogP contribution in [0.4, 0.5) is 0 Å². The third-order valence-electron chi connectivity index (χ3n) is 6.33. The van der Waals surface area contributed by atoms with Crippen LogP contribution in [0.25, 0.3) is 0 Å². The van der Waals surface area contributed by atoms with Gasteiger partial charge in [0.05, 0.1) is 11.5 Å². The molecule has 0 saturated heterocycles. The van der Waals surface area contributed by atoms with Gasteiger partial charge >= 0.3 is 0 Å². The number of hydrogen-bond donors (Lipinski definition) is 0. The van der Waals surface area contributed by atoms with Crippen molar-refractivity contribution in [3.8, 4) is 0 Å². The molecule has 2 aliphatic rings. The Morgan fingerprint density at radius 3 is 2.07 bits per heavy atom. The van der Waals surface area contributed by atoms with Crippen LogP contribution in [0.2, 0.25) is 0 Å². The lowest BCUT2D eigenvalue weighted by atomic mass is 9.73. The Balaban J connectivity index is 1.44. The maximum atomic E-state index is 12.6.